The van der Waals surface area contributed by atoms with E-state index in [1.165, 1.54) is 0 Å². The molecule has 11 heteroatoms. The van der Waals surface area contributed by atoms with Crippen LogP contribution in [-0.2, 0) is 16.3 Å². The lowest BCUT2D eigenvalue weighted by molar-refractivity contribution is -0.0436. The molecule has 0 radical (unpaired) electrons. The first-order valence-electron chi connectivity index (χ1n) is 7.34. The van der Waals surface area contributed by atoms with Gasteiger partial charge in [0.25, 0.3) is 9.84 Å². The van der Waals surface area contributed by atoms with Crippen LogP contribution in [-0.4, -0.2) is 31.7 Å². The predicted molar refractivity (Wildman–Crippen MR) is 75.4 cm³/mol. The minimum atomic E-state index is -5.99. The number of hydrogen-bond donors (Lipinski definition) is 0. The van der Waals surface area contributed by atoms with Gasteiger partial charge < -0.3 is 4.74 Å². The third-order valence-electron chi connectivity index (χ3n) is 4.35. The Hall–Kier alpha value is -2.22. The summed E-state index contributed by atoms with van der Waals surface area (Å²) in [6.45, 7) is 0. The third-order valence-corrected chi connectivity index (χ3v) is 5.88. The number of hydrogen-bond acceptors (Lipinski definition) is 5. The molecule has 0 N–H and O–H groups in total. The fourth-order valence-corrected chi connectivity index (χ4v) is 3.90. The molecule has 1 aromatic carbocycles. The first-order valence-corrected chi connectivity index (χ1v) is 8.83. The molecule has 0 bridgehead atoms. The SMILES string of the molecule is N#C[C@H]1C[C@H](Oc2ccc(S(=O)(=O)C(F)(F)F)c3c2CC(F)(F)C3=O)C1. The molecule has 5 nitrogen and oxygen atoms in total. The molecule has 0 spiro atoms. The Labute approximate surface area is 144 Å². The number of nitrogens with zero attached hydrogens (tertiary/aromatic N) is 1. The molecule has 0 amide bonds. The van der Waals surface area contributed by atoms with Gasteiger partial charge in [-0.3, -0.25) is 4.79 Å². The van der Waals surface area contributed by atoms with Crippen LogP contribution in [0.2, 0.25) is 0 Å². The van der Waals surface area contributed by atoms with Crippen molar-refractivity contribution in [3.05, 3.63) is 23.3 Å². The zero-order valence-corrected chi connectivity index (χ0v) is 13.6. The summed E-state index contributed by atoms with van der Waals surface area (Å²) in [6, 6.07) is 3.27. The Morgan fingerprint density at radius 1 is 1.23 bits per heavy atom. The maximum absolute atomic E-state index is 13.8. The van der Waals surface area contributed by atoms with E-state index in [0.29, 0.717) is 18.9 Å². The lowest BCUT2D eigenvalue weighted by atomic mass is 9.83. The summed E-state index contributed by atoms with van der Waals surface area (Å²) in [6.07, 6.45) is -1.15. The predicted octanol–water partition coefficient (Wildman–Crippen LogP) is 3.04. The van der Waals surface area contributed by atoms with Crippen molar-refractivity contribution in [3.63, 3.8) is 0 Å². The standard InChI is InChI=1S/C15H10F5NO4S/c16-14(17)5-9-10(25-8-3-7(4-8)6-21)1-2-11(12(9)13(14)22)26(23,24)15(18,19)20/h1-2,7-8H,3-5H2/t7-,8-. The van der Waals surface area contributed by atoms with E-state index in [2.05, 4.69) is 0 Å². The molecule has 26 heavy (non-hydrogen) atoms. The second-order valence-corrected chi connectivity index (χ2v) is 8.02. The highest BCUT2D eigenvalue weighted by molar-refractivity contribution is 7.92. The van der Waals surface area contributed by atoms with E-state index in [-0.39, 0.29) is 11.7 Å². The van der Waals surface area contributed by atoms with Crippen LogP contribution >= 0.6 is 0 Å². The lowest BCUT2D eigenvalue weighted by Gasteiger charge is -2.31. The molecule has 1 saturated carbocycles. The van der Waals surface area contributed by atoms with Crippen molar-refractivity contribution in [2.45, 2.75) is 41.7 Å². The Morgan fingerprint density at radius 2 is 1.85 bits per heavy atom. The number of ketones is 1. The Morgan fingerprint density at radius 3 is 2.38 bits per heavy atom. The molecule has 0 atom stereocenters. The molecule has 0 aromatic heterocycles. The number of sulfone groups is 1. The van der Waals surface area contributed by atoms with E-state index in [1.54, 1.807) is 0 Å². The van der Waals surface area contributed by atoms with E-state index in [4.69, 9.17) is 10.00 Å². The number of rotatable bonds is 3. The molecule has 3 rings (SSSR count). The number of carbonyl (C=O) groups is 1. The van der Waals surface area contributed by atoms with E-state index in [1.807, 2.05) is 6.07 Å². The fourth-order valence-electron chi connectivity index (χ4n) is 2.92. The Bertz CT molecular complexity index is 927. The summed E-state index contributed by atoms with van der Waals surface area (Å²) < 4.78 is 94.8. The Balaban J connectivity index is 2.08. The lowest BCUT2D eigenvalue weighted by Crippen LogP contribution is -2.33. The fraction of sp³-hybridized carbons (Fsp3) is 0.467. The molecule has 2 aliphatic carbocycles. The van der Waals surface area contributed by atoms with Crippen LogP contribution in [0.4, 0.5) is 22.0 Å². The minimum Gasteiger partial charge on any atom is -0.490 e. The highest BCUT2D eigenvalue weighted by atomic mass is 32.2. The number of ether oxygens (including phenoxy) is 1. The average Bonchev–Trinajstić information content (AvgIpc) is 2.72. The molecule has 0 heterocycles. The van der Waals surface area contributed by atoms with E-state index in [9.17, 15) is 35.2 Å². The second-order valence-electron chi connectivity index (χ2n) is 6.11. The zero-order chi connectivity index (χ0) is 19.5. The number of Topliss-reactive ketones (excluding diaryl/α,β-unsaturated/α-hetero) is 1. The van der Waals surface area contributed by atoms with Crippen molar-refractivity contribution in [2.75, 3.05) is 0 Å². The van der Waals surface area contributed by atoms with Crippen LogP contribution in [0.3, 0.4) is 0 Å². The van der Waals surface area contributed by atoms with Crippen molar-refractivity contribution in [3.8, 4) is 11.8 Å². The first-order chi connectivity index (χ1) is 11.9. The van der Waals surface area contributed by atoms with Gasteiger partial charge in [0.1, 0.15) is 11.9 Å². The van der Waals surface area contributed by atoms with E-state index < -0.39 is 55.6 Å². The number of nitriles is 1. The van der Waals surface area contributed by atoms with Gasteiger partial charge in [0, 0.05) is 24.8 Å². The summed E-state index contributed by atoms with van der Waals surface area (Å²) in [5.41, 5.74) is -7.48. The van der Waals surface area contributed by atoms with E-state index >= 15 is 0 Å². The first kappa shape index (κ1) is 18.6. The highest BCUT2D eigenvalue weighted by Gasteiger charge is 2.55. The van der Waals surface area contributed by atoms with Gasteiger partial charge in [-0.15, -0.1) is 0 Å². The quantitative estimate of drug-likeness (QED) is 0.735. The van der Waals surface area contributed by atoms with Crippen molar-refractivity contribution in [1.29, 1.82) is 5.26 Å². The second kappa shape index (κ2) is 5.64. The van der Waals surface area contributed by atoms with Gasteiger partial charge >= 0.3 is 11.4 Å². The van der Waals surface area contributed by atoms with Crippen LogP contribution in [0, 0.1) is 17.2 Å². The van der Waals surface area contributed by atoms with Gasteiger partial charge in [-0.1, -0.05) is 0 Å². The van der Waals surface area contributed by atoms with Gasteiger partial charge in [0.15, 0.2) is 0 Å². The molecule has 0 aliphatic heterocycles. The largest absolute Gasteiger partial charge is 0.501 e. The van der Waals surface area contributed by atoms with Gasteiger partial charge in [-0.05, 0) is 12.1 Å². The van der Waals surface area contributed by atoms with Gasteiger partial charge in [-0.2, -0.15) is 27.2 Å². The minimum absolute atomic E-state index is 0.270. The normalized spacial score (nSPS) is 24.5. The molecule has 0 unspecified atom stereocenters. The summed E-state index contributed by atoms with van der Waals surface area (Å²) in [5.74, 6) is -6.55. The van der Waals surface area contributed by atoms with Crippen molar-refractivity contribution < 1.29 is 39.9 Å². The van der Waals surface area contributed by atoms with Crippen LogP contribution in [0.5, 0.6) is 5.75 Å². The summed E-state index contributed by atoms with van der Waals surface area (Å²) >= 11 is 0. The van der Waals surface area contributed by atoms with Gasteiger partial charge in [-0.25, -0.2) is 8.42 Å². The van der Waals surface area contributed by atoms with Gasteiger partial charge in [0.05, 0.1) is 22.4 Å². The number of carbonyl (C=O) groups excluding carboxylic acids is 1. The van der Waals surface area contributed by atoms with Crippen molar-refractivity contribution in [2.24, 2.45) is 5.92 Å². The van der Waals surface area contributed by atoms with Crippen LogP contribution in [0.1, 0.15) is 28.8 Å². The molecule has 1 aromatic rings. The summed E-state index contributed by atoms with van der Waals surface area (Å²) in [4.78, 5) is 10.4. The van der Waals surface area contributed by atoms with Crippen LogP contribution in [0.15, 0.2) is 17.0 Å². The number of fused-ring (bicyclic) bond motifs is 1. The molecule has 140 valence electrons. The Kier molecular flexibility index (Phi) is 4.03. The van der Waals surface area contributed by atoms with Gasteiger partial charge in [0.2, 0.25) is 5.78 Å². The molecule has 2 aliphatic rings. The third kappa shape index (κ3) is 2.72. The zero-order valence-electron chi connectivity index (χ0n) is 12.8. The van der Waals surface area contributed by atoms with Crippen molar-refractivity contribution >= 4 is 15.6 Å². The van der Waals surface area contributed by atoms with Crippen LogP contribution < -0.4 is 4.74 Å². The number of alkyl halides is 5. The maximum Gasteiger partial charge on any atom is 0.501 e. The number of benzene rings is 1. The van der Waals surface area contributed by atoms with E-state index in [0.717, 1.165) is 6.07 Å². The highest BCUT2D eigenvalue weighted by Crippen LogP contribution is 2.45. The summed E-state index contributed by atoms with van der Waals surface area (Å²) in [5, 5.41) is 8.71. The molecule has 1 fully saturated rings. The average molecular weight is 395 g/mol. The van der Waals surface area contributed by atoms with Crippen molar-refractivity contribution in [1.82, 2.24) is 0 Å². The monoisotopic (exact) mass is 395 g/mol. The maximum atomic E-state index is 13.8. The smallest absolute Gasteiger partial charge is 0.490 e. The number of halogens is 5. The molecule has 0 saturated heterocycles. The summed E-state index contributed by atoms with van der Waals surface area (Å²) in [7, 11) is -5.99. The van der Waals surface area contributed by atoms with Crippen LogP contribution in [0.25, 0.3) is 0 Å². The molecular weight excluding hydrogens is 385 g/mol. The topological polar surface area (TPSA) is 84.2 Å². The molecular formula is C15H10F5NO4S.